The molecule has 2 N–H and O–H groups in total. The van der Waals surface area contributed by atoms with Crippen molar-refractivity contribution in [1.82, 2.24) is 0 Å². The quantitative estimate of drug-likeness (QED) is 0.756. The van der Waals surface area contributed by atoms with E-state index in [1.807, 2.05) is 12.1 Å². The third-order valence-electron chi connectivity index (χ3n) is 6.56. The minimum atomic E-state index is -0.126. The predicted octanol–water partition coefficient (Wildman–Crippen LogP) is 4.00. The zero-order valence-electron chi connectivity index (χ0n) is 12.8. The maximum absolute atomic E-state index is 10.4. The minimum Gasteiger partial charge on any atom is -0.508 e. The number of hydrogen-bond donors (Lipinski definition) is 2. The molecule has 112 valence electrons. The molecule has 0 spiro atoms. The highest BCUT2D eigenvalue weighted by molar-refractivity contribution is 5.63. The first-order valence-corrected chi connectivity index (χ1v) is 8.20. The molecule has 4 rings (SSSR count). The lowest BCUT2D eigenvalue weighted by molar-refractivity contribution is -0.00803. The fraction of sp³-hybridized carbons (Fsp3) is 0.579. The molecule has 3 aliphatic carbocycles. The summed E-state index contributed by atoms with van der Waals surface area (Å²) in [6.07, 6.45) is 8.80. The number of rotatable bonds is 0. The molecule has 1 aromatic rings. The SMILES string of the molecule is Cc1cc(O)cc2c1[C@H]1CC[C@]3(C)[C@H](CC[C@@H]3O)[C@@H]1C=C2. The van der Waals surface area contributed by atoms with E-state index in [1.165, 1.54) is 16.7 Å². The summed E-state index contributed by atoms with van der Waals surface area (Å²) in [6, 6.07) is 3.79. The second-order valence-corrected chi connectivity index (χ2v) is 7.55. The lowest BCUT2D eigenvalue weighted by Crippen LogP contribution is -2.42. The van der Waals surface area contributed by atoms with Crippen LogP contribution in [0, 0.1) is 24.2 Å². The van der Waals surface area contributed by atoms with E-state index in [-0.39, 0.29) is 11.5 Å². The monoisotopic (exact) mass is 284 g/mol. The summed E-state index contributed by atoms with van der Waals surface area (Å²) in [5.41, 5.74) is 3.94. The third-order valence-corrected chi connectivity index (χ3v) is 6.56. The van der Waals surface area contributed by atoms with Crippen LogP contribution in [-0.4, -0.2) is 16.3 Å². The van der Waals surface area contributed by atoms with Crippen LogP contribution in [0.4, 0.5) is 0 Å². The van der Waals surface area contributed by atoms with Crippen molar-refractivity contribution in [3.8, 4) is 5.75 Å². The van der Waals surface area contributed by atoms with Gasteiger partial charge < -0.3 is 10.2 Å². The Labute approximate surface area is 126 Å². The summed E-state index contributed by atoms with van der Waals surface area (Å²) >= 11 is 0. The van der Waals surface area contributed by atoms with Gasteiger partial charge in [-0.05, 0) is 84.6 Å². The Bertz CT molecular complexity index is 618. The van der Waals surface area contributed by atoms with E-state index in [4.69, 9.17) is 0 Å². The van der Waals surface area contributed by atoms with E-state index in [0.717, 1.165) is 25.7 Å². The van der Waals surface area contributed by atoms with Gasteiger partial charge in [-0.3, -0.25) is 0 Å². The molecular formula is C19H24O2. The molecule has 0 unspecified atom stereocenters. The maximum Gasteiger partial charge on any atom is 0.116 e. The van der Waals surface area contributed by atoms with Crippen molar-refractivity contribution in [1.29, 1.82) is 0 Å². The summed E-state index contributed by atoms with van der Waals surface area (Å²) in [5.74, 6) is 2.08. The van der Waals surface area contributed by atoms with Crippen molar-refractivity contribution in [3.05, 3.63) is 34.9 Å². The molecule has 21 heavy (non-hydrogen) atoms. The molecule has 2 nitrogen and oxygen atoms in total. The molecule has 0 aliphatic heterocycles. The van der Waals surface area contributed by atoms with Crippen LogP contribution in [0.25, 0.3) is 6.08 Å². The molecule has 0 aromatic heterocycles. The second-order valence-electron chi connectivity index (χ2n) is 7.55. The first kappa shape index (κ1) is 13.4. The summed E-state index contributed by atoms with van der Waals surface area (Å²) in [7, 11) is 0. The van der Waals surface area contributed by atoms with Crippen molar-refractivity contribution in [3.63, 3.8) is 0 Å². The topological polar surface area (TPSA) is 40.5 Å². The smallest absolute Gasteiger partial charge is 0.116 e. The van der Waals surface area contributed by atoms with Gasteiger partial charge in [-0.15, -0.1) is 0 Å². The summed E-state index contributed by atoms with van der Waals surface area (Å²) in [4.78, 5) is 0. The summed E-state index contributed by atoms with van der Waals surface area (Å²) in [5, 5.41) is 20.2. The Morgan fingerprint density at radius 2 is 2.00 bits per heavy atom. The lowest BCUT2D eigenvalue weighted by atomic mass is 9.56. The molecule has 2 saturated carbocycles. The van der Waals surface area contributed by atoms with Gasteiger partial charge in [-0.25, -0.2) is 0 Å². The number of fused-ring (bicyclic) bond motifs is 5. The maximum atomic E-state index is 10.4. The number of aromatic hydroxyl groups is 1. The van der Waals surface area contributed by atoms with E-state index in [2.05, 4.69) is 26.0 Å². The molecule has 1 aromatic carbocycles. The molecule has 0 heterocycles. The Morgan fingerprint density at radius 1 is 1.19 bits per heavy atom. The van der Waals surface area contributed by atoms with Gasteiger partial charge in [0.15, 0.2) is 0 Å². The third kappa shape index (κ3) is 1.75. The van der Waals surface area contributed by atoms with E-state index in [1.54, 1.807) is 0 Å². The van der Waals surface area contributed by atoms with Gasteiger partial charge >= 0.3 is 0 Å². The molecule has 0 amide bonds. The van der Waals surface area contributed by atoms with Gasteiger partial charge in [-0.1, -0.05) is 19.1 Å². The van der Waals surface area contributed by atoms with Crippen LogP contribution >= 0.6 is 0 Å². The van der Waals surface area contributed by atoms with Crippen molar-refractivity contribution in [2.75, 3.05) is 0 Å². The van der Waals surface area contributed by atoms with E-state index in [0.29, 0.717) is 23.5 Å². The van der Waals surface area contributed by atoms with Gasteiger partial charge in [-0.2, -0.15) is 0 Å². The highest BCUT2D eigenvalue weighted by atomic mass is 16.3. The zero-order valence-corrected chi connectivity index (χ0v) is 12.8. The molecule has 2 fully saturated rings. The first-order valence-electron chi connectivity index (χ1n) is 8.20. The van der Waals surface area contributed by atoms with E-state index >= 15 is 0 Å². The van der Waals surface area contributed by atoms with Crippen LogP contribution in [0.1, 0.15) is 55.2 Å². The number of aliphatic hydroxyl groups excluding tert-OH is 1. The highest BCUT2D eigenvalue weighted by Gasteiger charge is 2.53. The summed E-state index contributed by atoms with van der Waals surface area (Å²) in [6.45, 7) is 4.41. The fourth-order valence-corrected chi connectivity index (χ4v) is 5.44. The zero-order chi connectivity index (χ0) is 14.8. The van der Waals surface area contributed by atoms with Crippen molar-refractivity contribution in [2.24, 2.45) is 17.3 Å². The van der Waals surface area contributed by atoms with E-state index in [9.17, 15) is 10.2 Å². The van der Waals surface area contributed by atoms with Crippen LogP contribution in [-0.2, 0) is 0 Å². The Hall–Kier alpha value is -1.28. The average Bonchev–Trinajstić information content (AvgIpc) is 2.74. The van der Waals surface area contributed by atoms with Gasteiger partial charge in [0.05, 0.1) is 6.10 Å². The fourth-order valence-electron chi connectivity index (χ4n) is 5.44. The van der Waals surface area contributed by atoms with Gasteiger partial charge in [0.25, 0.3) is 0 Å². The van der Waals surface area contributed by atoms with Crippen LogP contribution in [0.3, 0.4) is 0 Å². The minimum absolute atomic E-state index is 0.105. The number of phenolic OH excluding ortho intramolecular Hbond substituents is 1. The lowest BCUT2D eigenvalue weighted by Gasteiger charge is -2.48. The van der Waals surface area contributed by atoms with Crippen molar-refractivity contribution >= 4 is 6.08 Å². The van der Waals surface area contributed by atoms with Gasteiger partial charge in [0.1, 0.15) is 5.75 Å². The van der Waals surface area contributed by atoms with Crippen molar-refractivity contribution in [2.45, 2.75) is 51.6 Å². The molecule has 2 heteroatoms. The molecular weight excluding hydrogens is 260 g/mol. The largest absolute Gasteiger partial charge is 0.508 e. The Kier molecular flexibility index (Phi) is 2.78. The highest BCUT2D eigenvalue weighted by Crippen LogP contribution is 2.60. The molecule has 3 aliphatic rings. The predicted molar refractivity (Wildman–Crippen MR) is 84.2 cm³/mol. The van der Waals surface area contributed by atoms with Crippen LogP contribution in [0.5, 0.6) is 5.75 Å². The standard InChI is InChI=1S/C19H24O2/c1-11-9-13(20)10-12-3-4-14-15(18(11)12)7-8-19(2)16(14)5-6-17(19)21/h3-4,9-10,14-17,20-21H,5-8H2,1-2H3/t14-,15+,16-,17+,19-/m1/s1. The normalized spacial score (nSPS) is 40.5. The Balaban J connectivity index is 1.79. The first-order chi connectivity index (χ1) is 10.0. The molecule has 0 bridgehead atoms. The van der Waals surface area contributed by atoms with Crippen LogP contribution in [0.2, 0.25) is 0 Å². The van der Waals surface area contributed by atoms with Crippen molar-refractivity contribution < 1.29 is 10.2 Å². The van der Waals surface area contributed by atoms with Gasteiger partial charge in [0.2, 0.25) is 0 Å². The second kappa shape index (κ2) is 4.36. The number of allylic oxidation sites excluding steroid dienone is 1. The molecule has 0 saturated heterocycles. The number of aryl methyl sites for hydroxylation is 1. The van der Waals surface area contributed by atoms with Crippen LogP contribution in [0.15, 0.2) is 18.2 Å². The number of phenols is 1. The summed E-state index contributed by atoms with van der Waals surface area (Å²) < 4.78 is 0. The Morgan fingerprint density at radius 3 is 2.81 bits per heavy atom. The molecule has 0 radical (unpaired) electrons. The number of hydrogen-bond acceptors (Lipinski definition) is 2. The number of aliphatic hydroxyl groups is 1. The van der Waals surface area contributed by atoms with E-state index < -0.39 is 0 Å². The average molecular weight is 284 g/mol. The molecule has 5 atom stereocenters. The van der Waals surface area contributed by atoms with Gasteiger partial charge in [0, 0.05) is 0 Å². The van der Waals surface area contributed by atoms with Crippen LogP contribution < -0.4 is 0 Å². The number of benzene rings is 1.